The Kier molecular flexibility index (Phi) is 6.07. The van der Waals surface area contributed by atoms with Gasteiger partial charge < -0.3 is 10.4 Å². The molecule has 0 aromatic heterocycles. The molecule has 0 spiro atoms. The molecule has 0 saturated carbocycles. The van der Waals surface area contributed by atoms with Crippen molar-refractivity contribution in [3.8, 4) is 0 Å². The lowest BCUT2D eigenvalue weighted by molar-refractivity contribution is -0.140. The van der Waals surface area contributed by atoms with Gasteiger partial charge in [-0.25, -0.2) is 17.9 Å². The Morgan fingerprint density at radius 2 is 1.73 bits per heavy atom. The molecule has 8 heteroatoms. The average molecular weight is 328 g/mol. The summed E-state index contributed by atoms with van der Waals surface area (Å²) in [4.78, 5) is 23.1. The number of nitrogens with one attached hydrogen (secondary N) is 2. The normalized spacial score (nSPS) is 12.9. The van der Waals surface area contributed by atoms with Crippen LogP contribution in [0.5, 0.6) is 0 Å². The van der Waals surface area contributed by atoms with Crippen molar-refractivity contribution in [3.05, 3.63) is 29.8 Å². The summed E-state index contributed by atoms with van der Waals surface area (Å²) in [5.41, 5.74) is 0.197. The SMILES string of the molecule is CCNS(=O)(=O)c1ccc(C(=O)N[C@@H](C(=O)O)C(C)C)cc1. The van der Waals surface area contributed by atoms with Gasteiger partial charge in [0.2, 0.25) is 10.0 Å². The van der Waals surface area contributed by atoms with Crippen LogP contribution in [0.2, 0.25) is 0 Å². The highest BCUT2D eigenvalue weighted by molar-refractivity contribution is 7.89. The lowest BCUT2D eigenvalue weighted by Gasteiger charge is -2.17. The maximum absolute atomic E-state index is 12.0. The van der Waals surface area contributed by atoms with Gasteiger partial charge in [-0.2, -0.15) is 0 Å². The molecule has 7 nitrogen and oxygen atoms in total. The highest BCUT2D eigenvalue weighted by Gasteiger charge is 2.24. The molecular weight excluding hydrogens is 308 g/mol. The number of carbonyl (C=O) groups excluding carboxylic acids is 1. The van der Waals surface area contributed by atoms with Crippen LogP contribution in [-0.2, 0) is 14.8 Å². The quantitative estimate of drug-likeness (QED) is 0.686. The summed E-state index contributed by atoms with van der Waals surface area (Å²) < 4.78 is 25.9. The standard InChI is InChI=1S/C14H20N2O5S/c1-4-15-22(20,21)11-7-5-10(6-8-11)13(17)16-12(9(2)3)14(18)19/h5-9,12,15H,4H2,1-3H3,(H,16,17)(H,18,19)/t12-/m1/s1. The Balaban J connectivity index is 2.91. The van der Waals surface area contributed by atoms with Gasteiger partial charge in [0.15, 0.2) is 0 Å². The Hall–Kier alpha value is -1.93. The molecule has 122 valence electrons. The van der Waals surface area contributed by atoms with E-state index in [4.69, 9.17) is 5.11 Å². The summed E-state index contributed by atoms with van der Waals surface area (Å²) >= 11 is 0. The van der Waals surface area contributed by atoms with Crippen LogP contribution in [0.25, 0.3) is 0 Å². The van der Waals surface area contributed by atoms with Crippen molar-refractivity contribution in [3.63, 3.8) is 0 Å². The Labute approximate surface area is 129 Å². The fraction of sp³-hybridized carbons (Fsp3) is 0.429. The number of carboxylic acid groups (broad SMARTS) is 1. The zero-order valence-electron chi connectivity index (χ0n) is 12.7. The van der Waals surface area contributed by atoms with Crippen LogP contribution < -0.4 is 10.0 Å². The number of hydrogen-bond donors (Lipinski definition) is 3. The maximum atomic E-state index is 12.0. The van der Waals surface area contributed by atoms with Crippen molar-refractivity contribution in [2.45, 2.75) is 31.7 Å². The molecule has 1 aromatic rings. The van der Waals surface area contributed by atoms with Gasteiger partial charge in [-0.05, 0) is 30.2 Å². The van der Waals surface area contributed by atoms with Gasteiger partial charge in [0.1, 0.15) is 6.04 Å². The van der Waals surface area contributed by atoms with Gasteiger partial charge in [0, 0.05) is 12.1 Å². The Morgan fingerprint density at radius 1 is 1.18 bits per heavy atom. The van der Waals surface area contributed by atoms with E-state index in [0.717, 1.165) is 0 Å². The highest BCUT2D eigenvalue weighted by Crippen LogP contribution is 2.11. The maximum Gasteiger partial charge on any atom is 0.326 e. The number of rotatable bonds is 7. The fourth-order valence-corrected chi connectivity index (χ4v) is 2.84. The van der Waals surface area contributed by atoms with E-state index in [-0.39, 0.29) is 22.9 Å². The summed E-state index contributed by atoms with van der Waals surface area (Å²) in [6.45, 7) is 5.30. The minimum Gasteiger partial charge on any atom is -0.480 e. The largest absolute Gasteiger partial charge is 0.480 e. The molecule has 0 bridgehead atoms. The molecular formula is C14H20N2O5S. The summed E-state index contributed by atoms with van der Waals surface area (Å²) in [5.74, 6) is -1.95. The molecule has 1 rings (SSSR count). The van der Waals surface area contributed by atoms with Crippen LogP contribution in [0.3, 0.4) is 0 Å². The number of sulfonamides is 1. The van der Waals surface area contributed by atoms with E-state index in [1.165, 1.54) is 24.3 Å². The summed E-state index contributed by atoms with van der Waals surface area (Å²) in [7, 11) is -3.58. The first-order chi connectivity index (χ1) is 10.2. The van der Waals surface area contributed by atoms with E-state index >= 15 is 0 Å². The van der Waals surface area contributed by atoms with Crippen LogP contribution in [0.1, 0.15) is 31.1 Å². The van der Waals surface area contributed by atoms with Gasteiger partial charge in [-0.1, -0.05) is 20.8 Å². The lowest BCUT2D eigenvalue weighted by Crippen LogP contribution is -2.44. The topological polar surface area (TPSA) is 113 Å². The molecule has 0 radical (unpaired) electrons. The molecule has 0 saturated heterocycles. The van der Waals surface area contributed by atoms with E-state index in [1.54, 1.807) is 20.8 Å². The van der Waals surface area contributed by atoms with E-state index in [1.807, 2.05) is 0 Å². The first-order valence-corrected chi connectivity index (χ1v) is 8.30. The Bertz CT molecular complexity index is 638. The number of carboxylic acids is 1. The third-order valence-electron chi connectivity index (χ3n) is 2.98. The smallest absolute Gasteiger partial charge is 0.326 e. The van der Waals surface area contributed by atoms with Crippen molar-refractivity contribution in [2.75, 3.05) is 6.54 Å². The van der Waals surface area contributed by atoms with Crippen LogP contribution in [0.15, 0.2) is 29.2 Å². The summed E-state index contributed by atoms with van der Waals surface area (Å²) in [6.07, 6.45) is 0. The predicted octanol–water partition coefficient (Wildman–Crippen LogP) is 0.824. The fourth-order valence-electron chi connectivity index (χ4n) is 1.80. The van der Waals surface area contributed by atoms with Crippen LogP contribution in [0, 0.1) is 5.92 Å². The third kappa shape index (κ3) is 4.54. The summed E-state index contributed by atoms with van der Waals surface area (Å²) in [5, 5.41) is 11.5. The van der Waals surface area contributed by atoms with Crippen molar-refractivity contribution in [2.24, 2.45) is 5.92 Å². The van der Waals surface area contributed by atoms with Crippen LogP contribution >= 0.6 is 0 Å². The molecule has 0 aliphatic rings. The number of benzene rings is 1. The van der Waals surface area contributed by atoms with Gasteiger partial charge in [0.05, 0.1) is 4.90 Å². The first kappa shape index (κ1) is 18.1. The number of hydrogen-bond acceptors (Lipinski definition) is 4. The van der Waals surface area contributed by atoms with Crippen molar-refractivity contribution in [1.82, 2.24) is 10.0 Å². The molecule has 1 amide bonds. The zero-order valence-corrected chi connectivity index (χ0v) is 13.5. The number of carbonyl (C=O) groups is 2. The van der Waals surface area contributed by atoms with Crippen molar-refractivity contribution >= 4 is 21.9 Å². The van der Waals surface area contributed by atoms with Gasteiger partial charge in [-0.15, -0.1) is 0 Å². The van der Waals surface area contributed by atoms with Gasteiger partial charge >= 0.3 is 5.97 Å². The van der Waals surface area contributed by atoms with Crippen molar-refractivity contribution < 1.29 is 23.1 Å². The average Bonchev–Trinajstić information content (AvgIpc) is 2.43. The second-order valence-electron chi connectivity index (χ2n) is 5.06. The minimum atomic E-state index is -3.58. The number of amides is 1. The van der Waals surface area contributed by atoms with E-state index in [9.17, 15) is 18.0 Å². The van der Waals surface area contributed by atoms with E-state index in [0.29, 0.717) is 0 Å². The monoisotopic (exact) mass is 328 g/mol. The molecule has 0 aliphatic carbocycles. The Morgan fingerprint density at radius 3 is 2.14 bits per heavy atom. The third-order valence-corrected chi connectivity index (χ3v) is 4.54. The molecule has 0 unspecified atom stereocenters. The highest BCUT2D eigenvalue weighted by atomic mass is 32.2. The predicted molar refractivity (Wildman–Crippen MR) is 81.0 cm³/mol. The molecule has 22 heavy (non-hydrogen) atoms. The molecule has 0 aliphatic heterocycles. The molecule has 3 N–H and O–H groups in total. The van der Waals surface area contributed by atoms with Crippen LogP contribution in [0.4, 0.5) is 0 Å². The zero-order chi connectivity index (χ0) is 16.9. The first-order valence-electron chi connectivity index (χ1n) is 6.82. The van der Waals surface area contributed by atoms with E-state index < -0.39 is 27.9 Å². The van der Waals surface area contributed by atoms with Crippen LogP contribution in [-0.4, -0.2) is 38.0 Å². The summed E-state index contributed by atoms with van der Waals surface area (Å²) in [6, 6.07) is 4.30. The second-order valence-corrected chi connectivity index (χ2v) is 6.83. The minimum absolute atomic E-state index is 0.0459. The second kappa shape index (κ2) is 7.37. The van der Waals surface area contributed by atoms with E-state index in [2.05, 4.69) is 10.0 Å². The van der Waals surface area contributed by atoms with Gasteiger partial charge in [0.25, 0.3) is 5.91 Å². The molecule has 1 aromatic carbocycles. The van der Waals surface area contributed by atoms with Gasteiger partial charge in [-0.3, -0.25) is 4.79 Å². The van der Waals surface area contributed by atoms with Crippen molar-refractivity contribution in [1.29, 1.82) is 0 Å². The molecule has 0 heterocycles. The molecule has 0 fully saturated rings. The lowest BCUT2D eigenvalue weighted by atomic mass is 10.0. The molecule has 1 atom stereocenters. The number of aliphatic carboxylic acids is 1.